The van der Waals surface area contributed by atoms with Crippen molar-refractivity contribution in [1.29, 1.82) is 0 Å². The molecular weight excluding hydrogens is 320 g/mol. The molecule has 0 aromatic rings. The largest absolute Gasteiger partial charge is 0.454 e. The van der Waals surface area contributed by atoms with Gasteiger partial charge in [-0.2, -0.15) is 0 Å². The number of hydrogen-bond acceptors (Lipinski definition) is 5. The van der Waals surface area contributed by atoms with E-state index in [1.165, 1.54) is 0 Å². The minimum absolute atomic E-state index is 0.171. The van der Waals surface area contributed by atoms with Gasteiger partial charge in [-0.15, -0.1) is 0 Å². The molecule has 0 bridgehead atoms. The molecule has 0 saturated carbocycles. The van der Waals surface area contributed by atoms with Crippen molar-refractivity contribution >= 4 is 11.9 Å². The average Bonchev–Trinajstić information content (AvgIpc) is 2.78. The molecule has 25 heavy (non-hydrogen) atoms. The van der Waals surface area contributed by atoms with Crippen molar-refractivity contribution < 1.29 is 24.2 Å². The maximum Gasteiger partial charge on any atom is 0.334 e. The lowest BCUT2D eigenvalue weighted by molar-refractivity contribution is -0.161. The fraction of sp³-hybridized carbons (Fsp3) is 0.600. The van der Waals surface area contributed by atoms with E-state index in [0.29, 0.717) is 0 Å². The molecule has 0 amide bonds. The Morgan fingerprint density at radius 3 is 2.76 bits per heavy atom. The van der Waals surface area contributed by atoms with Gasteiger partial charge in [0.05, 0.1) is 12.0 Å². The second kappa shape index (κ2) is 8.00. The molecule has 5 nitrogen and oxygen atoms in total. The molecular formula is C20H28O5. The molecule has 1 heterocycles. The Morgan fingerprint density at radius 2 is 2.12 bits per heavy atom. The maximum absolute atomic E-state index is 12.2. The van der Waals surface area contributed by atoms with Crippen molar-refractivity contribution in [3.63, 3.8) is 0 Å². The van der Waals surface area contributed by atoms with Gasteiger partial charge in [0.15, 0.2) is 12.2 Å². The van der Waals surface area contributed by atoms with Gasteiger partial charge in [-0.25, -0.2) is 4.79 Å². The van der Waals surface area contributed by atoms with Crippen LogP contribution < -0.4 is 0 Å². The Hall–Kier alpha value is -1.88. The van der Waals surface area contributed by atoms with Gasteiger partial charge in [0.25, 0.3) is 0 Å². The fourth-order valence-electron chi connectivity index (χ4n) is 3.32. The highest BCUT2D eigenvalue weighted by atomic mass is 16.6. The molecule has 0 radical (unpaired) electrons. The van der Waals surface area contributed by atoms with Gasteiger partial charge in [-0.1, -0.05) is 38.2 Å². The summed E-state index contributed by atoms with van der Waals surface area (Å²) >= 11 is 0. The number of allylic oxidation sites excluding steroid dienone is 2. The van der Waals surface area contributed by atoms with Gasteiger partial charge in [0.2, 0.25) is 0 Å². The molecule has 1 fully saturated rings. The molecule has 4 atom stereocenters. The van der Waals surface area contributed by atoms with E-state index in [9.17, 15) is 14.7 Å². The third kappa shape index (κ3) is 4.60. The summed E-state index contributed by atoms with van der Waals surface area (Å²) < 4.78 is 11.1. The Bertz CT molecular complexity index is 614. The first kappa shape index (κ1) is 19.4. The van der Waals surface area contributed by atoms with Crippen LogP contribution in [0.5, 0.6) is 0 Å². The molecule has 1 aliphatic carbocycles. The number of rotatable bonds is 3. The number of carbonyl (C=O) groups excluding carboxylic acids is 2. The summed E-state index contributed by atoms with van der Waals surface area (Å²) in [6.07, 6.45) is 3.23. The zero-order chi connectivity index (χ0) is 18.7. The summed E-state index contributed by atoms with van der Waals surface area (Å²) in [5, 5.41) is 10.6. The highest BCUT2D eigenvalue weighted by Crippen LogP contribution is 2.36. The molecule has 1 saturated heterocycles. The second-order valence-electron chi connectivity index (χ2n) is 7.42. The lowest BCUT2D eigenvalue weighted by atomic mass is 9.84. The molecule has 0 spiro atoms. The Balaban J connectivity index is 2.37. The standard InChI is InChI=1S/C20H28O5/c1-11(2)9-16(22)24-18-13(4)8-6-7-12(3)10-15(21)17-14(5)20(23)25-19(17)18/h8,10-11,15,17-19,21H,5-7,9H2,1-4H3. The van der Waals surface area contributed by atoms with Gasteiger partial charge in [0.1, 0.15) is 0 Å². The smallest absolute Gasteiger partial charge is 0.334 e. The maximum atomic E-state index is 12.2. The van der Waals surface area contributed by atoms with Crippen molar-refractivity contribution in [2.24, 2.45) is 11.8 Å². The number of aliphatic hydroxyl groups excluding tert-OH is 1. The monoisotopic (exact) mass is 348 g/mol. The highest BCUT2D eigenvalue weighted by Gasteiger charge is 2.48. The fourth-order valence-corrected chi connectivity index (χ4v) is 3.32. The van der Waals surface area contributed by atoms with Gasteiger partial charge in [-0.05, 0) is 38.2 Å². The van der Waals surface area contributed by atoms with E-state index in [2.05, 4.69) is 6.58 Å². The van der Waals surface area contributed by atoms with Crippen molar-refractivity contribution in [2.45, 2.75) is 65.3 Å². The molecule has 0 aromatic heterocycles. The first-order valence-electron chi connectivity index (χ1n) is 8.82. The van der Waals surface area contributed by atoms with E-state index in [0.717, 1.165) is 24.0 Å². The molecule has 0 aromatic carbocycles. The summed E-state index contributed by atoms with van der Waals surface area (Å²) in [6, 6.07) is 0. The summed E-state index contributed by atoms with van der Waals surface area (Å²) in [4.78, 5) is 24.3. The average molecular weight is 348 g/mol. The lowest BCUT2D eigenvalue weighted by Gasteiger charge is -2.30. The third-order valence-corrected chi connectivity index (χ3v) is 4.67. The topological polar surface area (TPSA) is 72.8 Å². The van der Waals surface area contributed by atoms with Gasteiger partial charge >= 0.3 is 11.9 Å². The van der Waals surface area contributed by atoms with E-state index in [4.69, 9.17) is 9.47 Å². The van der Waals surface area contributed by atoms with Crippen molar-refractivity contribution in [3.05, 3.63) is 35.5 Å². The van der Waals surface area contributed by atoms with E-state index in [1.54, 1.807) is 6.08 Å². The Morgan fingerprint density at radius 1 is 1.44 bits per heavy atom. The number of hydrogen-bond donors (Lipinski definition) is 1. The summed E-state index contributed by atoms with van der Waals surface area (Å²) in [5.74, 6) is -1.33. The number of carbonyl (C=O) groups is 2. The summed E-state index contributed by atoms with van der Waals surface area (Å²) in [6.45, 7) is 11.5. The van der Waals surface area contributed by atoms with Crippen LogP contribution in [0.15, 0.2) is 35.5 Å². The summed E-state index contributed by atoms with van der Waals surface area (Å²) in [7, 11) is 0. The molecule has 5 heteroatoms. The number of esters is 2. The van der Waals surface area contributed by atoms with Crippen LogP contribution in [0.25, 0.3) is 0 Å². The normalized spacial score (nSPS) is 30.3. The quantitative estimate of drug-likeness (QED) is 0.482. The number of aliphatic hydroxyl groups is 1. The van der Waals surface area contributed by atoms with Crippen molar-refractivity contribution in [1.82, 2.24) is 0 Å². The van der Waals surface area contributed by atoms with Crippen LogP contribution in [0.1, 0.15) is 47.0 Å². The van der Waals surface area contributed by atoms with Crippen molar-refractivity contribution in [3.8, 4) is 0 Å². The molecule has 1 aliphatic heterocycles. The Kier molecular flexibility index (Phi) is 6.22. The zero-order valence-electron chi connectivity index (χ0n) is 15.5. The predicted octanol–water partition coefficient (Wildman–Crippen LogP) is 3.09. The minimum atomic E-state index is -0.902. The van der Waals surface area contributed by atoms with E-state index in [-0.39, 0.29) is 23.9 Å². The van der Waals surface area contributed by atoms with Gasteiger partial charge < -0.3 is 14.6 Å². The third-order valence-electron chi connectivity index (χ3n) is 4.67. The minimum Gasteiger partial charge on any atom is -0.454 e. The van der Waals surface area contributed by atoms with Crippen LogP contribution in [0, 0.1) is 11.8 Å². The van der Waals surface area contributed by atoms with E-state index in [1.807, 2.05) is 33.8 Å². The van der Waals surface area contributed by atoms with Crippen LogP contribution in [0.3, 0.4) is 0 Å². The first-order valence-corrected chi connectivity index (χ1v) is 8.82. The van der Waals surface area contributed by atoms with Crippen molar-refractivity contribution in [2.75, 3.05) is 0 Å². The zero-order valence-corrected chi connectivity index (χ0v) is 15.5. The number of fused-ring (bicyclic) bond motifs is 1. The second-order valence-corrected chi connectivity index (χ2v) is 7.42. The molecule has 4 unspecified atom stereocenters. The molecule has 2 rings (SSSR count). The molecule has 2 aliphatic rings. The van der Waals surface area contributed by atoms with Crippen LogP contribution in [-0.2, 0) is 19.1 Å². The van der Waals surface area contributed by atoms with E-state index >= 15 is 0 Å². The van der Waals surface area contributed by atoms with Crippen LogP contribution in [0.2, 0.25) is 0 Å². The molecule has 138 valence electrons. The lowest BCUT2D eigenvalue weighted by Crippen LogP contribution is -2.41. The Labute approximate surface area is 149 Å². The van der Waals surface area contributed by atoms with Gasteiger partial charge in [0, 0.05) is 12.0 Å². The first-order chi connectivity index (χ1) is 11.7. The number of ether oxygens (including phenoxy) is 2. The highest BCUT2D eigenvalue weighted by molar-refractivity contribution is 5.91. The van der Waals surface area contributed by atoms with Crippen LogP contribution in [0.4, 0.5) is 0 Å². The van der Waals surface area contributed by atoms with Crippen LogP contribution in [-0.4, -0.2) is 35.4 Å². The van der Waals surface area contributed by atoms with E-state index < -0.39 is 30.2 Å². The molecule has 1 N–H and O–H groups in total. The van der Waals surface area contributed by atoms with Crippen LogP contribution >= 0.6 is 0 Å². The SMILES string of the molecule is C=C1C(=O)OC2C(OC(=O)CC(C)C)C(C)=CCCC(C)=CC(O)C12. The summed E-state index contributed by atoms with van der Waals surface area (Å²) in [5.41, 5.74) is 2.09. The predicted molar refractivity (Wildman–Crippen MR) is 94.6 cm³/mol. The van der Waals surface area contributed by atoms with Gasteiger partial charge in [-0.3, -0.25) is 4.79 Å².